The first-order chi connectivity index (χ1) is 7.79. The molecule has 1 aliphatic heterocycles. The molecule has 16 heavy (non-hydrogen) atoms. The van der Waals surface area contributed by atoms with Crippen molar-refractivity contribution in [3.05, 3.63) is 18.5 Å². The third kappa shape index (κ3) is 2.61. The molecule has 1 aliphatic rings. The zero-order chi connectivity index (χ0) is 11.4. The third-order valence-electron chi connectivity index (χ3n) is 2.99. The molecule has 0 aromatic carbocycles. The number of aliphatic hydroxyl groups is 1. The zero-order valence-corrected chi connectivity index (χ0v) is 9.25. The summed E-state index contributed by atoms with van der Waals surface area (Å²) in [5, 5.41) is 13.1. The van der Waals surface area contributed by atoms with Crippen LogP contribution in [0.3, 0.4) is 0 Å². The molecule has 0 spiro atoms. The zero-order valence-electron chi connectivity index (χ0n) is 9.25. The van der Waals surface area contributed by atoms with Gasteiger partial charge in [-0.15, -0.1) is 0 Å². The third-order valence-corrected chi connectivity index (χ3v) is 2.99. The second-order valence-electron chi connectivity index (χ2n) is 4.23. The summed E-state index contributed by atoms with van der Waals surface area (Å²) in [6, 6.07) is 1.81. The molecule has 0 radical (unpaired) electrons. The molecule has 1 fully saturated rings. The fourth-order valence-corrected chi connectivity index (χ4v) is 2.07. The molecule has 0 saturated carbocycles. The van der Waals surface area contributed by atoms with E-state index in [1.54, 1.807) is 23.1 Å². The Kier molecular flexibility index (Phi) is 3.56. The molecule has 5 nitrogen and oxygen atoms in total. The van der Waals surface area contributed by atoms with Crippen LogP contribution in [0.2, 0.25) is 0 Å². The van der Waals surface area contributed by atoms with E-state index in [-0.39, 0.29) is 18.4 Å². The molecule has 1 atom stereocenters. The monoisotopic (exact) mass is 223 g/mol. The van der Waals surface area contributed by atoms with Crippen molar-refractivity contribution in [2.24, 2.45) is 5.92 Å². The normalized spacial score (nSPS) is 21.1. The van der Waals surface area contributed by atoms with Crippen LogP contribution in [0, 0.1) is 5.92 Å². The maximum Gasteiger partial charge on any atom is 0.244 e. The van der Waals surface area contributed by atoms with E-state index in [2.05, 4.69) is 5.10 Å². The molecule has 2 rings (SSSR count). The number of aromatic nitrogens is 2. The van der Waals surface area contributed by atoms with Gasteiger partial charge in [0, 0.05) is 32.1 Å². The van der Waals surface area contributed by atoms with Crippen molar-refractivity contribution >= 4 is 5.91 Å². The van der Waals surface area contributed by atoms with Crippen LogP contribution in [-0.4, -0.2) is 45.4 Å². The molecular formula is C11H17N3O2. The van der Waals surface area contributed by atoms with Gasteiger partial charge in [0.25, 0.3) is 0 Å². The predicted octanol–water partition coefficient (Wildman–Crippen LogP) is 0.114. The van der Waals surface area contributed by atoms with Crippen molar-refractivity contribution in [1.29, 1.82) is 0 Å². The van der Waals surface area contributed by atoms with Crippen molar-refractivity contribution in [2.45, 2.75) is 19.4 Å². The van der Waals surface area contributed by atoms with Crippen LogP contribution in [0.1, 0.15) is 12.8 Å². The van der Waals surface area contributed by atoms with Gasteiger partial charge >= 0.3 is 0 Å². The topological polar surface area (TPSA) is 58.4 Å². The van der Waals surface area contributed by atoms with Gasteiger partial charge in [-0.25, -0.2) is 0 Å². The SMILES string of the molecule is O=C(Cn1cccn1)N1CCCC(CO)C1. The summed E-state index contributed by atoms with van der Waals surface area (Å²) in [7, 11) is 0. The minimum atomic E-state index is 0.0850. The summed E-state index contributed by atoms with van der Waals surface area (Å²) in [5.74, 6) is 0.331. The minimum Gasteiger partial charge on any atom is -0.396 e. The van der Waals surface area contributed by atoms with Gasteiger partial charge in [0.2, 0.25) is 5.91 Å². The molecule has 1 aromatic heterocycles. The average molecular weight is 223 g/mol. The fraction of sp³-hybridized carbons (Fsp3) is 0.636. The van der Waals surface area contributed by atoms with Gasteiger partial charge in [-0.3, -0.25) is 9.48 Å². The van der Waals surface area contributed by atoms with Crippen LogP contribution >= 0.6 is 0 Å². The highest BCUT2D eigenvalue weighted by Gasteiger charge is 2.22. The van der Waals surface area contributed by atoms with E-state index in [1.807, 2.05) is 4.90 Å². The van der Waals surface area contributed by atoms with Crippen molar-refractivity contribution in [1.82, 2.24) is 14.7 Å². The predicted molar refractivity (Wildman–Crippen MR) is 58.6 cm³/mol. The van der Waals surface area contributed by atoms with E-state index in [9.17, 15) is 4.79 Å². The first-order valence-electron chi connectivity index (χ1n) is 5.65. The molecular weight excluding hydrogens is 206 g/mol. The van der Waals surface area contributed by atoms with Crippen molar-refractivity contribution in [3.8, 4) is 0 Å². The molecule has 1 amide bonds. The minimum absolute atomic E-state index is 0.0850. The lowest BCUT2D eigenvalue weighted by Gasteiger charge is -2.31. The van der Waals surface area contributed by atoms with Crippen molar-refractivity contribution < 1.29 is 9.90 Å². The van der Waals surface area contributed by atoms with Crippen LogP contribution in [-0.2, 0) is 11.3 Å². The average Bonchev–Trinajstić information content (AvgIpc) is 2.82. The number of carbonyl (C=O) groups is 1. The first-order valence-corrected chi connectivity index (χ1v) is 5.65. The Hall–Kier alpha value is -1.36. The Morgan fingerprint density at radius 3 is 3.12 bits per heavy atom. The lowest BCUT2D eigenvalue weighted by atomic mass is 9.99. The molecule has 2 heterocycles. The Morgan fingerprint density at radius 1 is 1.56 bits per heavy atom. The smallest absolute Gasteiger partial charge is 0.244 e. The summed E-state index contributed by atoms with van der Waals surface area (Å²) < 4.78 is 1.63. The molecule has 1 aromatic rings. The molecule has 88 valence electrons. The number of rotatable bonds is 3. The van der Waals surface area contributed by atoms with E-state index in [0.717, 1.165) is 19.4 Å². The van der Waals surface area contributed by atoms with E-state index in [4.69, 9.17) is 5.11 Å². The van der Waals surface area contributed by atoms with Gasteiger partial charge < -0.3 is 10.0 Å². The number of aliphatic hydroxyl groups excluding tert-OH is 1. The summed E-state index contributed by atoms with van der Waals surface area (Å²) in [5.41, 5.74) is 0. The van der Waals surface area contributed by atoms with Gasteiger partial charge in [-0.1, -0.05) is 0 Å². The van der Waals surface area contributed by atoms with E-state index in [1.165, 1.54) is 0 Å². The standard InChI is InChI=1S/C11H17N3O2/c15-9-10-3-1-5-13(7-10)11(16)8-14-6-2-4-12-14/h2,4,6,10,15H,1,3,5,7-9H2. The molecule has 0 bridgehead atoms. The molecule has 1 N–H and O–H groups in total. The Bertz CT molecular complexity index is 337. The Balaban J connectivity index is 1.89. The van der Waals surface area contributed by atoms with Gasteiger partial charge in [0.1, 0.15) is 6.54 Å². The summed E-state index contributed by atoms with van der Waals surface area (Å²) in [6.07, 6.45) is 5.45. The summed E-state index contributed by atoms with van der Waals surface area (Å²) in [6.45, 7) is 1.95. The van der Waals surface area contributed by atoms with Gasteiger partial charge in [-0.2, -0.15) is 5.10 Å². The van der Waals surface area contributed by atoms with Crippen LogP contribution in [0.25, 0.3) is 0 Å². The van der Waals surface area contributed by atoms with Crippen molar-refractivity contribution in [2.75, 3.05) is 19.7 Å². The summed E-state index contributed by atoms with van der Waals surface area (Å²) in [4.78, 5) is 13.7. The number of likely N-dealkylation sites (tertiary alicyclic amines) is 1. The number of hydrogen-bond donors (Lipinski definition) is 1. The van der Waals surface area contributed by atoms with Gasteiger partial charge in [0.05, 0.1) is 0 Å². The number of carbonyl (C=O) groups excluding carboxylic acids is 1. The molecule has 1 saturated heterocycles. The highest BCUT2D eigenvalue weighted by Crippen LogP contribution is 2.15. The van der Waals surface area contributed by atoms with Crippen molar-refractivity contribution in [3.63, 3.8) is 0 Å². The van der Waals surface area contributed by atoms with Crippen LogP contribution in [0.15, 0.2) is 18.5 Å². The lowest BCUT2D eigenvalue weighted by Crippen LogP contribution is -2.42. The van der Waals surface area contributed by atoms with E-state index < -0.39 is 0 Å². The Labute approximate surface area is 94.7 Å². The molecule has 1 unspecified atom stereocenters. The van der Waals surface area contributed by atoms with Crippen LogP contribution < -0.4 is 0 Å². The number of hydrogen-bond acceptors (Lipinski definition) is 3. The second-order valence-corrected chi connectivity index (χ2v) is 4.23. The van der Waals surface area contributed by atoms with E-state index >= 15 is 0 Å². The highest BCUT2D eigenvalue weighted by molar-refractivity contribution is 5.76. The molecule has 0 aliphatic carbocycles. The number of nitrogens with zero attached hydrogens (tertiary/aromatic N) is 3. The van der Waals surface area contributed by atoms with Gasteiger partial charge in [-0.05, 0) is 24.8 Å². The quantitative estimate of drug-likeness (QED) is 0.791. The maximum absolute atomic E-state index is 11.9. The number of amides is 1. The maximum atomic E-state index is 11.9. The Morgan fingerprint density at radius 2 is 2.44 bits per heavy atom. The van der Waals surface area contributed by atoms with Gasteiger partial charge in [0.15, 0.2) is 0 Å². The largest absolute Gasteiger partial charge is 0.396 e. The summed E-state index contributed by atoms with van der Waals surface area (Å²) >= 11 is 0. The fourth-order valence-electron chi connectivity index (χ4n) is 2.07. The van der Waals surface area contributed by atoms with Crippen LogP contribution in [0.4, 0.5) is 0 Å². The lowest BCUT2D eigenvalue weighted by molar-refractivity contribution is -0.134. The first kappa shape index (κ1) is 11.1. The van der Waals surface area contributed by atoms with E-state index in [0.29, 0.717) is 13.1 Å². The number of piperidine rings is 1. The second kappa shape index (κ2) is 5.12. The van der Waals surface area contributed by atoms with Crippen LogP contribution in [0.5, 0.6) is 0 Å². The highest BCUT2D eigenvalue weighted by atomic mass is 16.3. The molecule has 5 heteroatoms.